The Bertz CT molecular complexity index is 2130. The summed E-state index contributed by atoms with van der Waals surface area (Å²) in [5, 5.41) is 0. The average molecular weight is 601 g/mol. The van der Waals surface area contributed by atoms with Gasteiger partial charge in [0.15, 0.2) is 0 Å². The SMILES string of the molecule is CC(C)(C)c1cc2c(cc1-c1cccc3c1Sc1ccccc1C(C)(C)O3)-c1ccccc1-c1ccccc1-c1ccccc1-2. The molecule has 220 valence electrons. The minimum atomic E-state index is -0.442. The molecule has 1 heterocycles. The minimum Gasteiger partial charge on any atom is -0.482 e. The molecule has 0 fully saturated rings. The molecule has 2 heteroatoms. The largest absolute Gasteiger partial charge is 0.482 e. The van der Waals surface area contributed by atoms with E-state index in [0.717, 1.165) is 5.75 Å². The second-order valence-corrected chi connectivity index (χ2v) is 14.7. The second kappa shape index (κ2) is 10.3. The van der Waals surface area contributed by atoms with E-state index in [1.807, 2.05) is 11.8 Å². The summed E-state index contributed by atoms with van der Waals surface area (Å²) in [5.74, 6) is 0.935. The highest BCUT2D eigenvalue weighted by atomic mass is 32.2. The standard InChI is InChI=1S/C43H36OS/c1-42(2,3)38-26-35-32-20-11-9-18-30(32)28-16-7-6-15-27(28)29-17-8-10-19-31(29)34(35)25-36(38)33-21-14-23-39-41(33)45-40-24-13-12-22-37(40)43(4,5)44-39/h6-26H,1-5H3. The molecule has 0 aromatic heterocycles. The maximum Gasteiger partial charge on any atom is 0.135 e. The van der Waals surface area contributed by atoms with Crippen molar-refractivity contribution in [1.29, 1.82) is 0 Å². The zero-order chi connectivity index (χ0) is 30.9. The summed E-state index contributed by atoms with van der Waals surface area (Å²) < 4.78 is 6.83. The highest BCUT2D eigenvalue weighted by Crippen LogP contribution is 2.54. The van der Waals surface area contributed by atoms with Gasteiger partial charge in [0.1, 0.15) is 11.4 Å². The highest BCUT2D eigenvalue weighted by molar-refractivity contribution is 7.99. The van der Waals surface area contributed by atoms with Crippen molar-refractivity contribution in [3.8, 4) is 61.4 Å². The number of fused-ring (bicyclic) bond motifs is 10. The Morgan fingerprint density at radius 3 is 1.51 bits per heavy atom. The fourth-order valence-electron chi connectivity index (χ4n) is 7.15. The van der Waals surface area contributed by atoms with Crippen LogP contribution >= 0.6 is 11.8 Å². The molecule has 0 N–H and O–H groups in total. The van der Waals surface area contributed by atoms with E-state index < -0.39 is 5.60 Å². The van der Waals surface area contributed by atoms with E-state index >= 15 is 0 Å². The molecular weight excluding hydrogens is 565 g/mol. The summed E-state index contributed by atoms with van der Waals surface area (Å²) in [5.41, 5.74) is 14.6. The molecule has 45 heavy (non-hydrogen) atoms. The number of ether oxygens (including phenoxy) is 1. The van der Waals surface area contributed by atoms with Gasteiger partial charge in [0.25, 0.3) is 0 Å². The van der Waals surface area contributed by atoms with Crippen LogP contribution in [0.1, 0.15) is 45.7 Å². The first-order valence-corrected chi connectivity index (χ1v) is 16.6. The Kier molecular flexibility index (Phi) is 6.38. The quantitative estimate of drug-likeness (QED) is 0.185. The van der Waals surface area contributed by atoms with Crippen LogP contribution in [0.3, 0.4) is 0 Å². The summed E-state index contributed by atoms with van der Waals surface area (Å²) in [6.45, 7) is 11.3. The van der Waals surface area contributed by atoms with Crippen LogP contribution in [0.2, 0.25) is 0 Å². The Morgan fingerprint density at radius 1 is 0.489 bits per heavy atom. The maximum absolute atomic E-state index is 6.83. The lowest BCUT2D eigenvalue weighted by Gasteiger charge is -2.30. The molecule has 1 aliphatic carbocycles. The maximum atomic E-state index is 6.83. The van der Waals surface area contributed by atoms with Gasteiger partial charge in [-0.15, -0.1) is 0 Å². The van der Waals surface area contributed by atoms with E-state index in [1.54, 1.807) is 0 Å². The van der Waals surface area contributed by atoms with Crippen molar-refractivity contribution in [2.45, 2.75) is 55.4 Å². The Hall–Kier alpha value is -4.53. The zero-order valence-corrected chi connectivity index (χ0v) is 27.3. The van der Waals surface area contributed by atoms with E-state index in [1.165, 1.54) is 76.6 Å². The molecule has 8 rings (SSSR count). The van der Waals surface area contributed by atoms with Crippen LogP contribution in [0.4, 0.5) is 0 Å². The summed E-state index contributed by atoms with van der Waals surface area (Å²) in [6, 6.07) is 46.9. The van der Waals surface area contributed by atoms with Gasteiger partial charge in [-0.1, -0.05) is 136 Å². The predicted molar refractivity (Wildman–Crippen MR) is 190 cm³/mol. The molecule has 6 aromatic rings. The molecule has 2 aliphatic rings. The smallest absolute Gasteiger partial charge is 0.135 e. The summed E-state index contributed by atoms with van der Waals surface area (Å²) in [6.07, 6.45) is 0. The predicted octanol–water partition coefficient (Wildman–Crippen LogP) is 12.4. The average Bonchev–Trinajstić information content (AvgIpc) is 3.16. The van der Waals surface area contributed by atoms with Gasteiger partial charge in [0.05, 0.1) is 4.90 Å². The first-order chi connectivity index (χ1) is 21.7. The Labute approximate surface area is 270 Å². The number of rotatable bonds is 1. The minimum absolute atomic E-state index is 0.102. The normalized spacial score (nSPS) is 14.2. The summed E-state index contributed by atoms with van der Waals surface area (Å²) in [4.78, 5) is 2.42. The Morgan fingerprint density at radius 2 is 0.956 bits per heavy atom. The summed E-state index contributed by atoms with van der Waals surface area (Å²) >= 11 is 1.83. The van der Waals surface area contributed by atoms with E-state index in [4.69, 9.17) is 4.74 Å². The fraction of sp³-hybridized carbons (Fsp3) is 0.163. The molecule has 0 atom stereocenters. The first kappa shape index (κ1) is 28.0. The molecule has 0 saturated carbocycles. The molecule has 0 radical (unpaired) electrons. The van der Waals surface area contributed by atoms with Crippen LogP contribution in [0.25, 0.3) is 55.6 Å². The molecule has 1 aliphatic heterocycles. The lowest BCUT2D eigenvalue weighted by atomic mass is 9.75. The van der Waals surface area contributed by atoms with Crippen LogP contribution in [-0.2, 0) is 11.0 Å². The molecule has 0 unspecified atom stereocenters. The number of hydrogen-bond donors (Lipinski definition) is 0. The Balaban J connectivity index is 1.46. The van der Waals surface area contributed by atoms with Crippen LogP contribution in [-0.4, -0.2) is 0 Å². The second-order valence-electron chi connectivity index (χ2n) is 13.7. The van der Waals surface area contributed by atoms with Gasteiger partial charge in [0, 0.05) is 10.5 Å². The molecule has 0 bridgehead atoms. The lowest BCUT2D eigenvalue weighted by molar-refractivity contribution is 0.104. The van der Waals surface area contributed by atoms with Crippen molar-refractivity contribution in [1.82, 2.24) is 0 Å². The fourth-order valence-corrected chi connectivity index (χ4v) is 8.44. The van der Waals surface area contributed by atoms with Crippen molar-refractivity contribution < 1.29 is 4.74 Å². The molecule has 6 aromatic carbocycles. The molecule has 1 nitrogen and oxygen atoms in total. The first-order valence-electron chi connectivity index (χ1n) is 15.8. The van der Waals surface area contributed by atoms with Crippen LogP contribution in [0.5, 0.6) is 5.75 Å². The third-order valence-corrected chi connectivity index (χ3v) is 10.5. The van der Waals surface area contributed by atoms with Gasteiger partial charge in [-0.05, 0) is 105 Å². The van der Waals surface area contributed by atoms with E-state index in [-0.39, 0.29) is 5.41 Å². The van der Waals surface area contributed by atoms with Gasteiger partial charge < -0.3 is 4.74 Å². The van der Waals surface area contributed by atoms with Gasteiger partial charge in [0.2, 0.25) is 0 Å². The van der Waals surface area contributed by atoms with Crippen molar-refractivity contribution in [2.24, 2.45) is 0 Å². The van der Waals surface area contributed by atoms with Gasteiger partial charge in [-0.3, -0.25) is 0 Å². The van der Waals surface area contributed by atoms with Crippen molar-refractivity contribution in [3.63, 3.8) is 0 Å². The van der Waals surface area contributed by atoms with Gasteiger partial charge >= 0.3 is 0 Å². The third-order valence-electron chi connectivity index (χ3n) is 9.29. The zero-order valence-electron chi connectivity index (χ0n) is 26.4. The van der Waals surface area contributed by atoms with Crippen LogP contribution in [0.15, 0.2) is 137 Å². The van der Waals surface area contributed by atoms with Gasteiger partial charge in [-0.25, -0.2) is 0 Å². The number of benzene rings is 6. The van der Waals surface area contributed by atoms with Crippen molar-refractivity contribution in [2.75, 3.05) is 0 Å². The molecule has 0 amide bonds. The molecule has 0 saturated heterocycles. The van der Waals surface area contributed by atoms with Gasteiger partial charge in [-0.2, -0.15) is 0 Å². The number of hydrogen-bond acceptors (Lipinski definition) is 2. The van der Waals surface area contributed by atoms with Crippen molar-refractivity contribution in [3.05, 3.63) is 139 Å². The molecular formula is C43H36OS. The monoisotopic (exact) mass is 600 g/mol. The summed E-state index contributed by atoms with van der Waals surface area (Å²) in [7, 11) is 0. The van der Waals surface area contributed by atoms with Crippen LogP contribution < -0.4 is 4.74 Å². The highest BCUT2D eigenvalue weighted by Gasteiger charge is 2.33. The van der Waals surface area contributed by atoms with E-state index in [9.17, 15) is 0 Å². The van der Waals surface area contributed by atoms with E-state index in [0.29, 0.717) is 0 Å². The lowest BCUT2D eigenvalue weighted by Crippen LogP contribution is -2.25. The van der Waals surface area contributed by atoms with Crippen molar-refractivity contribution >= 4 is 11.8 Å². The molecule has 0 spiro atoms. The van der Waals surface area contributed by atoms with Crippen LogP contribution in [0, 0.1) is 0 Å². The third kappa shape index (κ3) is 4.54. The topological polar surface area (TPSA) is 9.23 Å². The van der Waals surface area contributed by atoms with E-state index in [2.05, 4.69) is 162 Å².